The van der Waals surface area contributed by atoms with E-state index in [9.17, 15) is 9.59 Å². The third kappa shape index (κ3) is 9.07. The highest BCUT2D eigenvalue weighted by molar-refractivity contribution is 6.00. The molecule has 0 aromatic rings. The summed E-state index contributed by atoms with van der Waals surface area (Å²) in [5, 5.41) is 2.62. The van der Waals surface area contributed by atoms with Crippen LogP contribution in [0, 0.1) is 11.8 Å². The quantitative estimate of drug-likeness (QED) is 0.320. The first-order chi connectivity index (χ1) is 7.70. The summed E-state index contributed by atoms with van der Waals surface area (Å²) in [5.74, 6) is 3.21. The highest BCUT2D eigenvalue weighted by Crippen LogP contribution is 1.96. The number of hydrogen-bond acceptors (Lipinski definition) is 3. The number of ether oxygens (including phenoxy) is 1. The van der Waals surface area contributed by atoms with E-state index in [2.05, 4.69) is 28.8 Å². The lowest BCUT2D eigenvalue weighted by Crippen LogP contribution is -2.22. The van der Waals surface area contributed by atoms with Crippen LogP contribution in [0.25, 0.3) is 0 Å². The van der Waals surface area contributed by atoms with Gasteiger partial charge in [0, 0.05) is 18.4 Å². The molecule has 0 aromatic heterocycles. The van der Waals surface area contributed by atoms with Gasteiger partial charge in [0.15, 0.2) is 0 Å². The molecule has 90 valence electrons. The van der Waals surface area contributed by atoms with Gasteiger partial charge in [-0.3, -0.25) is 4.79 Å². The van der Waals surface area contributed by atoms with Crippen LogP contribution in [-0.2, 0) is 14.3 Å². The Bertz CT molecular complexity index is 276. The maximum atomic E-state index is 11.1. The monoisotopic (exact) mass is 225 g/mol. The molecule has 4 nitrogen and oxygen atoms in total. The summed E-state index contributed by atoms with van der Waals surface area (Å²) >= 11 is 0. The van der Waals surface area contributed by atoms with E-state index in [1.165, 1.54) is 6.42 Å². The smallest absolute Gasteiger partial charge is 0.384 e. The number of carbonyl (C=O) groups is 2. The molecule has 0 radical (unpaired) electrons. The summed E-state index contributed by atoms with van der Waals surface area (Å²) in [6, 6.07) is 0. The average molecular weight is 225 g/mol. The molecule has 0 fully saturated rings. The second-order valence-corrected chi connectivity index (χ2v) is 3.29. The van der Waals surface area contributed by atoms with Crippen LogP contribution in [0.4, 0.5) is 0 Å². The molecule has 0 saturated carbocycles. The Kier molecular flexibility index (Phi) is 9.09. The Morgan fingerprint density at radius 1 is 1.12 bits per heavy atom. The molecule has 0 rings (SSSR count). The number of rotatable bonds is 6. The second kappa shape index (κ2) is 10.0. The molecular weight excluding hydrogens is 206 g/mol. The number of hydrogen-bond donors (Lipinski definition) is 1. The maximum absolute atomic E-state index is 11.1. The molecule has 0 heterocycles. The van der Waals surface area contributed by atoms with Gasteiger partial charge in [-0.25, -0.2) is 4.79 Å². The fourth-order valence-electron chi connectivity index (χ4n) is 1.07. The second-order valence-electron chi connectivity index (χ2n) is 3.29. The van der Waals surface area contributed by atoms with Crippen molar-refractivity contribution in [3.63, 3.8) is 0 Å². The minimum Gasteiger partial charge on any atom is -0.456 e. The summed E-state index contributed by atoms with van der Waals surface area (Å²) in [7, 11) is 0. The van der Waals surface area contributed by atoms with Gasteiger partial charge >= 0.3 is 5.97 Å². The summed E-state index contributed by atoms with van der Waals surface area (Å²) in [6.07, 6.45) is 4.38. The third-order valence-electron chi connectivity index (χ3n) is 1.87. The van der Waals surface area contributed by atoms with Gasteiger partial charge in [-0.15, -0.1) is 0 Å². The first kappa shape index (κ1) is 14.5. The minimum atomic E-state index is -0.663. The first-order valence-electron chi connectivity index (χ1n) is 5.67. The van der Waals surface area contributed by atoms with Crippen molar-refractivity contribution in [3.8, 4) is 11.8 Å². The van der Waals surface area contributed by atoms with Gasteiger partial charge < -0.3 is 10.1 Å². The molecule has 0 aliphatic heterocycles. The van der Waals surface area contributed by atoms with Crippen LogP contribution in [0.1, 0.15) is 39.5 Å². The minimum absolute atomic E-state index is 0.270. The molecule has 16 heavy (non-hydrogen) atoms. The fraction of sp³-hybridized carbons (Fsp3) is 0.667. The average Bonchev–Trinajstić information content (AvgIpc) is 2.26. The first-order valence-corrected chi connectivity index (χ1v) is 5.67. The Balaban J connectivity index is 3.61. The predicted octanol–water partition coefficient (Wildman–Crippen LogP) is 1.25. The molecule has 4 heteroatoms. The summed E-state index contributed by atoms with van der Waals surface area (Å²) < 4.78 is 4.56. The number of unbranched alkanes of at least 4 members (excludes halogenated alkanes) is 3. The van der Waals surface area contributed by atoms with Crippen molar-refractivity contribution in [2.24, 2.45) is 0 Å². The molecule has 0 aromatic carbocycles. The molecule has 0 atom stereocenters. The molecule has 0 unspecified atom stereocenters. The van der Waals surface area contributed by atoms with Crippen molar-refractivity contribution in [2.75, 3.05) is 13.2 Å². The van der Waals surface area contributed by atoms with Crippen LogP contribution in [-0.4, -0.2) is 25.0 Å². The molecular formula is C12H19NO3. The Hall–Kier alpha value is -1.50. The maximum Gasteiger partial charge on any atom is 0.384 e. The summed E-state index contributed by atoms with van der Waals surface area (Å²) in [6.45, 7) is 4.69. The Morgan fingerprint density at radius 2 is 1.88 bits per heavy atom. The van der Waals surface area contributed by atoms with E-state index in [-0.39, 0.29) is 6.61 Å². The third-order valence-corrected chi connectivity index (χ3v) is 1.87. The number of esters is 1. The molecule has 0 spiro atoms. The van der Waals surface area contributed by atoms with Crippen LogP contribution in [0.2, 0.25) is 0 Å². The molecule has 1 amide bonds. The van der Waals surface area contributed by atoms with E-state index in [1.54, 1.807) is 6.92 Å². The van der Waals surface area contributed by atoms with E-state index >= 15 is 0 Å². The van der Waals surface area contributed by atoms with Crippen LogP contribution in [0.15, 0.2) is 0 Å². The Labute approximate surface area is 96.7 Å². The van der Waals surface area contributed by atoms with E-state index in [0.717, 1.165) is 19.3 Å². The van der Waals surface area contributed by atoms with Crippen molar-refractivity contribution in [1.29, 1.82) is 0 Å². The van der Waals surface area contributed by atoms with Gasteiger partial charge in [0.05, 0.1) is 6.61 Å². The number of nitrogens with one attached hydrogen (secondary N) is 1. The number of amides is 1. The van der Waals surface area contributed by atoms with E-state index in [4.69, 9.17) is 0 Å². The molecule has 0 bridgehead atoms. The summed E-state index contributed by atoms with van der Waals surface area (Å²) in [5.41, 5.74) is 0. The van der Waals surface area contributed by atoms with Gasteiger partial charge in [0.25, 0.3) is 5.91 Å². The van der Waals surface area contributed by atoms with Crippen LogP contribution >= 0.6 is 0 Å². The lowest BCUT2D eigenvalue weighted by Gasteiger charge is -1.99. The van der Waals surface area contributed by atoms with Crippen molar-refractivity contribution in [1.82, 2.24) is 5.32 Å². The van der Waals surface area contributed by atoms with E-state index < -0.39 is 11.9 Å². The van der Waals surface area contributed by atoms with Gasteiger partial charge in [0.2, 0.25) is 0 Å². The van der Waals surface area contributed by atoms with Gasteiger partial charge in [-0.2, -0.15) is 0 Å². The normalized spacial score (nSPS) is 8.88. The molecule has 0 aliphatic rings. The molecule has 0 saturated heterocycles. The lowest BCUT2D eigenvalue weighted by molar-refractivity contribution is -0.136. The largest absolute Gasteiger partial charge is 0.456 e. The number of carbonyl (C=O) groups excluding carboxylic acids is 2. The van der Waals surface area contributed by atoms with Crippen molar-refractivity contribution >= 4 is 11.9 Å². The summed E-state index contributed by atoms with van der Waals surface area (Å²) in [4.78, 5) is 21.9. The zero-order chi connectivity index (χ0) is 12.2. The van der Waals surface area contributed by atoms with E-state index in [1.807, 2.05) is 0 Å². The van der Waals surface area contributed by atoms with Crippen LogP contribution in [0.3, 0.4) is 0 Å². The highest BCUT2D eigenvalue weighted by atomic mass is 16.5. The molecule has 1 N–H and O–H groups in total. The predicted molar refractivity (Wildman–Crippen MR) is 61.6 cm³/mol. The highest BCUT2D eigenvalue weighted by Gasteiger charge is 1.97. The lowest BCUT2D eigenvalue weighted by atomic mass is 10.2. The fourth-order valence-corrected chi connectivity index (χ4v) is 1.07. The van der Waals surface area contributed by atoms with Crippen LogP contribution in [0.5, 0.6) is 0 Å². The van der Waals surface area contributed by atoms with Gasteiger partial charge in [-0.1, -0.05) is 26.2 Å². The Morgan fingerprint density at radius 3 is 2.50 bits per heavy atom. The topological polar surface area (TPSA) is 55.4 Å². The zero-order valence-corrected chi connectivity index (χ0v) is 9.97. The van der Waals surface area contributed by atoms with Gasteiger partial charge in [-0.05, 0) is 13.3 Å². The zero-order valence-electron chi connectivity index (χ0n) is 9.97. The van der Waals surface area contributed by atoms with E-state index in [0.29, 0.717) is 6.54 Å². The van der Waals surface area contributed by atoms with Gasteiger partial charge in [0.1, 0.15) is 0 Å². The van der Waals surface area contributed by atoms with Crippen molar-refractivity contribution in [3.05, 3.63) is 0 Å². The van der Waals surface area contributed by atoms with Crippen molar-refractivity contribution in [2.45, 2.75) is 39.5 Å². The SMILES string of the molecule is CCCCCCNC(=O)C#CC(=O)OCC. The standard InChI is InChI=1S/C12H19NO3/c1-3-5-6-7-10-13-11(14)8-9-12(15)16-4-2/h3-7,10H2,1-2H3,(H,13,14). The molecule has 0 aliphatic carbocycles. The van der Waals surface area contributed by atoms with Crippen LogP contribution < -0.4 is 5.32 Å². The van der Waals surface area contributed by atoms with Crippen molar-refractivity contribution < 1.29 is 14.3 Å².